The summed E-state index contributed by atoms with van der Waals surface area (Å²) in [6, 6.07) is 8.20. The van der Waals surface area contributed by atoms with Crippen molar-refractivity contribution in [1.82, 2.24) is 0 Å². The van der Waals surface area contributed by atoms with Gasteiger partial charge in [-0.2, -0.15) is 0 Å². The number of rotatable bonds is 4. The standard InChI is InChI=1S/C14H20O2/c1-3-11-5-7-12(8-6-11)13(15)14(16-2)9-4-10-14/h5-8,13,15H,3-4,9-10H2,1-2H3. The third-order valence-corrected chi connectivity index (χ3v) is 3.81. The highest BCUT2D eigenvalue weighted by molar-refractivity contribution is 5.26. The van der Waals surface area contributed by atoms with Gasteiger partial charge in [0.15, 0.2) is 0 Å². The Balaban J connectivity index is 2.16. The number of methoxy groups -OCH3 is 1. The Labute approximate surface area is 97.3 Å². The Hall–Kier alpha value is -0.860. The zero-order chi connectivity index (χ0) is 11.6. The van der Waals surface area contributed by atoms with Crippen LogP contribution in [0.25, 0.3) is 0 Å². The van der Waals surface area contributed by atoms with E-state index in [0.29, 0.717) is 0 Å². The molecule has 1 aromatic rings. The van der Waals surface area contributed by atoms with Gasteiger partial charge in [-0.3, -0.25) is 0 Å². The topological polar surface area (TPSA) is 29.5 Å². The number of aliphatic hydroxyl groups excluding tert-OH is 1. The summed E-state index contributed by atoms with van der Waals surface area (Å²) in [6.07, 6.45) is 3.61. The van der Waals surface area contributed by atoms with Crippen molar-refractivity contribution >= 4 is 0 Å². The van der Waals surface area contributed by atoms with Gasteiger partial charge in [0.2, 0.25) is 0 Å². The van der Waals surface area contributed by atoms with Crippen LogP contribution in [0.2, 0.25) is 0 Å². The summed E-state index contributed by atoms with van der Waals surface area (Å²) >= 11 is 0. The lowest BCUT2D eigenvalue weighted by molar-refractivity contribution is -0.151. The zero-order valence-electron chi connectivity index (χ0n) is 10.1. The fourth-order valence-electron chi connectivity index (χ4n) is 2.35. The third kappa shape index (κ3) is 1.87. The molecule has 0 saturated heterocycles. The Morgan fingerprint density at radius 2 is 1.94 bits per heavy atom. The summed E-state index contributed by atoms with van der Waals surface area (Å²) in [6.45, 7) is 2.13. The highest BCUT2D eigenvalue weighted by Crippen LogP contribution is 2.44. The van der Waals surface area contributed by atoms with E-state index in [4.69, 9.17) is 4.74 Å². The quantitative estimate of drug-likeness (QED) is 0.845. The van der Waals surface area contributed by atoms with Gasteiger partial charge in [0, 0.05) is 7.11 Å². The largest absolute Gasteiger partial charge is 0.385 e. The van der Waals surface area contributed by atoms with Gasteiger partial charge < -0.3 is 9.84 Å². The number of hydrogen-bond donors (Lipinski definition) is 1. The van der Waals surface area contributed by atoms with Crippen LogP contribution in [0.4, 0.5) is 0 Å². The number of aryl methyl sites for hydroxylation is 1. The SMILES string of the molecule is CCc1ccc(C(O)C2(OC)CCC2)cc1. The smallest absolute Gasteiger partial charge is 0.108 e. The summed E-state index contributed by atoms with van der Waals surface area (Å²) in [5, 5.41) is 10.3. The summed E-state index contributed by atoms with van der Waals surface area (Å²) in [4.78, 5) is 0. The number of benzene rings is 1. The molecule has 88 valence electrons. The average Bonchev–Trinajstić information content (AvgIpc) is 2.28. The van der Waals surface area contributed by atoms with Crippen LogP contribution >= 0.6 is 0 Å². The maximum atomic E-state index is 10.3. The molecule has 0 heterocycles. The Morgan fingerprint density at radius 1 is 1.31 bits per heavy atom. The Bertz CT molecular complexity index is 333. The molecule has 1 unspecified atom stereocenters. The lowest BCUT2D eigenvalue weighted by Crippen LogP contribution is -2.45. The van der Waals surface area contributed by atoms with Crippen LogP contribution in [0.3, 0.4) is 0 Å². The molecule has 1 N–H and O–H groups in total. The number of ether oxygens (including phenoxy) is 1. The van der Waals surface area contributed by atoms with E-state index in [1.807, 2.05) is 12.1 Å². The van der Waals surface area contributed by atoms with Crippen molar-refractivity contribution < 1.29 is 9.84 Å². The average molecular weight is 220 g/mol. The minimum atomic E-state index is -0.489. The van der Waals surface area contributed by atoms with Gasteiger partial charge in [-0.05, 0) is 36.8 Å². The van der Waals surface area contributed by atoms with Crippen LogP contribution in [0.5, 0.6) is 0 Å². The van der Waals surface area contributed by atoms with E-state index in [0.717, 1.165) is 31.2 Å². The highest BCUT2D eigenvalue weighted by atomic mass is 16.5. The van der Waals surface area contributed by atoms with Gasteiger partial charge in [0.05, 0.1) is 5.60 Å². The summed E-state index contributed by atoms with van der Waals surface area (Å²) in [7, 11) is 1.70. The van der Waals surface area contributed by atoms with E-state index in [1.165, 1.54) is 5.56 Å². The molecule has 1 atom stereocenters. The second kappa shape index (κ2) is 4.56. The van der Waals surface area contributed by atoms with Crippen LogP contribution in [-0.2, 0) is 11.2 Å². The Kier molecular flexibility index (Phi) is 3.31. The van der Waals surface area contributed by atoms with Crippen molar-refractivity contribution in [1.29, 1.82) is 0 Å². The Morgan fingerprint density at radius 3 is 2.31 bits per heavy atom. The molecule has 0 radical (unpaired) electrons. The van der Waals surface area contributed by atoms with E-state index in [9.17, 15) is 5.11 Å². The molecular weight excluding hydrogens is 200 g/mol. The minimum Gasteiger partial charge on any atom is -0.385 e. The third-order valence-electron chi connectivity index (χ3n) is 3.81. The lowest BCUT2D eigenvalue weighted by Gasteiger charge is -2.44. The lowest BCUT2D eigenvalue weighted by atomic mass is 9.73. The monoisotopic (exact) mass is 220 g/mol. The fraction of sp³-hybridized carbons (Fsp3) is 0.571. The van der Waals surface area contributed by atoms with Crippen molar-refractivity contribution in [3.63, 3.8) is 0 Å². The van der Waals surface area contributed by atoms with Gasteiger partial charge in [0.25, 0.3) is 0 Å². The number of hydrogen-bond acceptors (Lipinski definition) is 2. The fourth-order valence-corrected chi connectivity index (χ4v) is 2.35. The van der Waals surface area contributed by atoms with E-state index >= 15 is 0 Å². The van der Waals surface area contributed by atoms with Crippen molar-refractivity contribution in [3.8, 4) is 0 Å². The molecule has 1 saturated carbocycles. The molecular formula is C14H20O2. The molecule has 0 aliphatic heterocycles. The molecule has 0 spiro atoms. The second-order valence-electron chi connectivity index (χ2n) is 4.62. The first-order valence-electron chi connectivity index (χ1n) is 6.04. The normalized spacial score (nSPS) is 20.2. The van der Waals surface area contributed by atoms with Crippen LogP contribution in [0.15, 0.2) is 24.3 Å². The van der Waals surface area contributed by atoms with Crippen LogP contribution in [0, 0.1) is 0 Å². The molecule has 2 heteroatoms. The molecule has 0 amide bonds. The van der Waals surface area contributed by atoms with E-state index < -0.39 is 6.10 Å². The minimum absolute atomic E-state index is 0.326. The van der Waals surface area contributed by atoms with Gasteiger partial charge >= 0.3 is 0 Å². The maximum absolute atomic E-state index is 10.3. The molecule has 1 aromatic carbocycles. The molecule has 1 aliphatic carbocycles. The van der Waals surface area contributed by atoms with Crippen molar-refractivity contribution in [2.24, 2.45) is 0 Å². The van der Waals surface area contributed by atoms with E-state index in [2.05, 4.69) is 19.1 Å². The molecule has 0 aromatic heterocycles. The molecule has 2 nitrogen and oxygen atoms in total. The summed E-state index contributed by atoms with van der Waals surface area (Å²) in [5.41, 5.74) is 1.95. The molecule has 1 fully saturated rings. The van der Waals surface area contributed by atoms with Crippen LogP contribution in [-0.4, -0.2) is 17.8 Å². The predicted octanol–water partition coefficient (Wildman–Crippen LogP) is 2.85. The second-order valence-corrected chi connectivity index (χ2v) is 4.62. The molecule has 2 rings (SSSR count). The maximum Gasteiger partial charge on any atom is 0.108 e. The first-order valence-corrected chi connectivity index (χ1v) is 6.04. The highest BCUT2D eigenvalue weighted by Gasteiger charge is 2.44. The van der Waals surface area contributed by atoms with E-state index in [1.54, 1.807) is 7.11 Å². The number of aliphatic hydroxyl groups is 1. The van der Waals surface area contributed by atoms with Crippen LogP contribution < -0.4 is 0 Å². The summed E-state index contributed by atoms with van der Waals surface area (Å²) in [5.74, 6) is 0. The van der Waals surface area contributed by atoms with E-state index in [-0.39, 0.29) is 5.60 Å². The first kappa shape index (κ1) is 11.6. The zero-order valence-corrected chi connectivity index (χ0v) is 10.1. The van der Waals surface area contributed by atoms with Gasteiger partial charge in [-0.15, -0.1) is 0 Å². The van der Waals surface area contributed by atoms with Crippen molar-refractivity contribution in [3.05, 3.63) is 35.4 Å². The van der Waals surface area contributed by atoms with Gasteiger partial charge in [-0.1, -0.05) is 31.2 Å². The predicted molar refractivity (Wildman–Crippen MR) is 64.4 cm³/mol. The molecule has 16 heavy (non-hydrogen) atoms. The van der Waals surface area contributed by atoms with Crippen LogP contribution in [0.1, 0.15) is 43.4 Å². The summed E-state index contributed by atoms with van der Waals surface area (Å²) < 4.78 is 5.50. The molecule has 0 bridgehead atoms. The van der Waals surface area contributed by atoms with Gasteiger partial charge in [-0.25, -0.2) is 0 Å². The van der Waals surface area contributed by atoms with Gasteiger partial charge in [0.1, 0.15) is 6.10 Å². The van der Waals surface area contributed by atoms with Crippen molar-refractivity contribution in [2.75, 3.05) is 7.11 Å². The first-order chi connectivity index (χ1) is 7.72. The van der Waals surface area contributed by atoms with Crippen molar-refractivity contribution in [2.45, 2.75) is 44.3 Å². The molecule has 1 aliphatic rings.